The van der Waals surface area contributed by atoms with E-state index >= 15 is 0 Å². The highest BCUT2D eigenvalue weighted by molar-refractivity contribution is 9.10. The van der Waals surface area contributed by atoms with E-state index in [1.165, 1.54) is 0 Å². The van der Waals surface area contributed by atoms with Crippen molar-refractivity contribution >= 4 is 39.1 Å². The molecule has 3 nitrogen and oxygen atoms in total. The van der Waals surface area contributed by atoms with Gasteiger partial charge in [-0.15, -0.1) is 11.6 Å². The van der Waals surface area contributed by atoms with E-state index in [2.05, 4.69) is 21.2 Å². The third-order valence-electron chi connectivity index (χ3n) is 1.84. The lowest BCUT2D eigenvalue weighted by Gasteiger charge is -2.09. The zero-order chi connectivity index (χ0) is 11.3. The summed E-state index contributed by atoms with van der Waals surface area (Å²) in [7, 11) is 0. The first-order valence-electron chi connectivity index (χ1n) is 4.42. The van der Waals surface area contributed by atoms with Gasteiger partial charge in [-0.05, 0) is 30.2 Å². The van der Waals surface area contributed by atoms with Crippen molar-refractivity contribution < 1.29 is 9.90 Å². The van der Waals surface area contributed by atoms with Crippen molar-refractivity contribution in [2.75, 3.05) is 17.8 Å². The zero-order valence-corrected chi connectivity index (χ0v) is 10.3. The number of benzene rings is 1. The maximum absolute atomic E-state index is 11.1. The van der Waals surface area contributed by atoms with Crippen LogP contribution < -0.4 is 5.32 Å². The highest BCUT2D eigenvalue weighted by Crippen LogP contribution is 2.21. The van der Waals surface area contributed by atoms with Gasteiger partial charge in [0.2, 0.25) is 5.91 Å². The van der Waals surface area contributed by atoms with Crippen molar-refractivity contribution in [3.05, 3.63) is 28.2 Å². The molecule has 0 aliphatic heterocycles. The second-order valence-corrected chi connectivity index (χ2v) is 4.14. The Balaban J connectivity index is 2.89. The van der Waals surface area contributed by atoms with E-state index in [-0.39, 0.29) is 18.4 Å². The Morgan fingerprint density at radius 1 is 1.53 bits per heavy atom. The third kappa shape index (κ3) is 3.81. The molecule has 0 unspecified atom stereocenters. The molecule has 0 saturated heterocycles. The summed E-state index contributed by atoms with van der Waals surface area (Å²) < 4.78 is 0.912. The van der Waals surface area contributed by atoms with Gasteiger partial charge < -0.3 is 10.4 Å². The van der Waals surface area contributed by atoms with Crippen LogP contribution in [-0.4, -0.2) is 23.5 Å². The number of halogens is 2. The molecule has 0 heterocycles. The Morgan fingerprint density at radius 2 is 2.27 bits per heavy atom. The smallest absolute Gasteiger partial charge is 0.239 e. The molecule has 0 saturated carbocycles. The molecule has 0 bridgehead atoms. The molecule has 1 rings (SSSR count). The van der Waals surface area contributed by atoms with Crippen molar-refractivity contribution in [1.29, 1.82) is 0 Å². The molecule has 1 aromatic carbocycles. The van der Waals surface area contributed by atoms with E-state index < -0.39 is 0 Å². The molecule has 82 valence electrons. The zero-order valence-electron chi connectivity index (χ0n) is 7.96. The average molecular weight is 293 g/mol. The maximum atomic E-state index is 11.1. The van der Waals surface area contributed by atoms with Gasteiger partial charge in [-0.2, -0.15) is 0 Å². The highest BCUT2D eigenvalue weighted by atomic mass is 79.9. The van der Waals surface area contributed by atoms with Gasteiger partial charge in [-0.25, -0.2) is 0 Å². The SMILES string of the molecule is O=C(CCl)Nc1ccc(Br)cc1CCO. The van der Waals surface area contributed by atoms with Gasteiger partial charge in [0.1, 0.15) is 5.88 Å². The summed E-state index contributed by atoms with van der Waals surface area (Å²) in [5.74, 6) is -0.326. The Morgan fingerprint density at radius 3 is 2.87 bits per heavy atom. The molecule has 1 amide bonds. The van der Waals surface area contributed by atoms with Crippen LogP contribution in [0.1, 0.15) is 5.56 Å². The second-order valence-electron chi connectivity index (χ2n) is 2.96. The number of aliphatic hydroxyl groups is 1. The predicted octanol–water partition coefficient (Wildman–Crippen LogP) is 2.16. The van der Waals surface area contributed by atoms with Crippen LogP contribution in [0.3, 0.4) is 0 Å². The normalized spacial score (nSPS) is 10.1. The number of carbonyl (C=O) groups is 1. The summed E-state index contributed by atoms with van der Waals surface area (Å²) in [6, 6.07) is 5.46. The lowest BCUT2D eigenvalue weighted by atomic mass is 10.1. The molecular formula is C10H11BrClNO2. The van der Waals surface area contributed by atoms with Crippen molar-refractivity contribution in [1.82, 2.24) is 0 Å². The molecule has 0 atom stereocenters. The molecular weight excluding hydrogens is 281 g/mol. The summed E-state index contributed by atoms with van der Waals surface area (Å²) in [5.41, 5.74) is 1.57. The quantitative estimate of drug-likeness (QED) is 0.836. The van der Waals surface area contributed by atoms with E-state index in [4.69, 9.17) is 16.7 Å². The minimum atomic E-state index is -0.252. The molecule has 15 heavy (non-hydrogen) atoms. The fourth-order valence-corrected chi connectivity index (χ4v) is 1.67. The Labute approximate surface area is 102 Å². The molecule has 0 radical (unpaired) electrons. The fourth-order valence-electron chi connectivity index (χ4n) is 1.20. The van der Waals surface area contributed by atoms with E-state index in [1.54, 1.807) is 6.07 Å². The number of aliphatic hydroxyl groups excluding tert-OH is 1. The summed E-state index contributed by atoms with van der Waals surface area (Å²) in [5, 5.41) is 11.5. The number of anilines is 1. The molecule has 0 aliphatic carbocycles. The van der Waals surface area contributed by atoms with E-state index in [9.17, 15) is 4.79 Å². The first kappa shape index (κ1) is 12.5. The van der Waals surface area contributed by atoms with Crippen molar-refractivity contribution in [2.24, 2.45) is 0 Å². The summed E-state index contributed by atoms with van der Waals surface area (Å²) in [4.78, 5) is 11.1. The summed E-state index contributed by atoms with van der Waals surface area (Å²) >= 11 is 8.72. The van der Waals surface area contributed by atoms with Crippen LogP contribution in [0, 0.1) is 0 Å². The Hall–Kier alpha value is -0.580. The van der Waals surface area contributed by atoms with Crippen LogP contribution in [0.4, 0.5) is 5.69 Å². The lowest BCUT2D eigenvalue weighted by molar-refractivity contribution is -0.113. The Bertz CT molecular complexity index is 357. The molecule has 2 N–H and O–H groups in total. The molecule has 0 fully saturated rings. The van der Waals surface area contributed by atoms with Crippen molar-refractivity contribution in [3.8, 4) is 0 Å². The number of hydrogen-bond acceptors (Lipinski definition) is 2. The summed E-state index contributed by atoms with van der Waals surface area (Å²) in [6.45, 7) is 0.0419. The minimum absolute atomic E-state index is 0.0419. The number of carbonyl (C=O) groups excluding carboxylic acids is 1. The van der Waals surface area contributed by atoms with E-state index in [0.29, 0.717) is 12.1 Å². The molecule has 0 spiro atoms. The Kier molecular flexibility index (Phi) is 5.08. The largest absolute Gasteiger partial charge is 0.396 e. The number of nitrogens with one attached hydrogen (secondary N) is 1. The van der Waals surface area contributed by atoms with Crippen LogP contribution in [0.15, 0.2) is 22.7 Å². The van der Waals surface area contributed by atoms with Gasteiger partial charge >= 0.3 is 0 Å². The number of hydrogen-bond donors (Lipinski definition) is 2. The maximum Gasteiger partial charge on any atom is 0.239 e. The monoisotopic (exact) mass is 291 g/mol. The highest BCUT2D eigenvalue weighted by Gasteiger charge is 2.06. The van der Waals surface area contributed by atoms with Gasteiger partial charge in [-0.1, -0.05) is 15.9 Å². The summed E-state index contributed by atoms with van der Waals surface area (Å²) in [6.07, 6.45) is 0.497. The molecule has 0 aliphatic rings. The minimum Gasteiger partial charge on any atom is -0.396 e. The van der Waals surface area contributed by atoms with Gasteiger partial charge in [0.15, 0.2) is 0 Å². The van der Waals surface area contributed by atoms with E-state index in [0.717, 1.165) is 10.0 Å². The van der Waals surface area contributed by atoms with Crippen molar-refractivity contribution in [2.45, 2.75) is 6.42 Å². The van der Waals surface area contributed by atoms with Crippen LogP contribution in [0.2, 0.25) is 0 Å². The first-order chi connectivity index (χ1) is 7.17. The third-order valence-corrected chi connectivity index (χ3v) is 2.58. The number of rotatable bonds is 4. The predicted molar refractivity (Wildman–Crippen MR) is 64.3 cm³/mol. The lowest BCUT2D eigenvalue weighted by Crippen LogP contribution is -2.14. The molecule has 5 heteroatoms. The first-order valence-corrected chi connectivity index (χ1v) is 5.75. The standard InChI is InChI=1S/C10H11BrClNO2/c11-8-1-2-9(13-10(15)6-12)7(5-8)3-4-14/h1-2,5,14H,3-4,6H2,(H,13,15). The van der Waals surface area contributed by atoms with Crippen LogP contribution in [0.5, 0.6) is 0 Å². The number of alkyl halides is 1. The van der Waals surface area contributed by atoms with Crippen LogP contribution in [-0.2, 0) is 11.2 Å². The number of amides is 1. The van der Waals surface area contributed by atoms with Crippen LogP contribution >= 0.6 is 27.5 Å². The average Bonchev–Trinajstić information content (AvgIpc) is 2.22. The van der Waals surface area contributed by atoms with Crippen molar-refractivity contribution in [3.63, 3.8) is 0 Å². The van der Waals surface area contributed by atoms with Gasteiger partial charge in [0.25, 0.3) is 0 Å². The fraction of sp³-hybridized carbons (Fsp3) is 0.300. The van der Waals surface area contributed by atoms with E-state index in [1.807, 2.05) is 12.1 Å². The topological polar surface area (TPSA) is 49.3 Å². The van der Waals surface area contributed by atoms with Crippen LogP contribution in [0.25, 0.3) is 0 Å². The molecule has 1 aromatic rings. The second kappa shape index (κ2) is 6.10. The van der Waals surface area contributed by atoms with Gasteiger partial charge in [0.05, 0.1) is 0 Å². The van der Waals surface area contributed by atoms with Gasteiger partial charge in [-0.3, -0.25) is 4.79 Å². The molecule has 0 aromatic heterocycles. The van der Waals surface area contributed by atoms with Gasteiger partial charge in [0, 0.05) is 16.8 Å².